The molecule has 0 aromatic heterocycles. The Morgan fingerprint density at radius 1 is 1.20 bits per heavy atom. The second-order valence-electron chi connectivity index (χ2n) is 5.27. The molecule has 1 aromatic rings. The smallest absolute Gasteiger partial charge is 0.242 e. The maximum atomic E-state index is 12.4. The van der Waals surface area contributed by atoms with Crippen molar-refractivity contribution in [1.82, 2.24) is 9.80 Å². The second-order valence-corrected chi connectivity index (χ2v) is 5.27. The molecule has 0 bridgehead atoms. The van der Waals surface area contributed by atoms with Crippen LogP contribution in [0.5, 0.6) is 0 Å². The predicted octanol–water partition coefficient (Wildman–Crippen LogP) is 2.05. The van der Waals surface area contributed by atoms with Gasteiger partial charge in [-0.1, -0.05) is 30.3 Å². The third-order valence-corrected chi connectivity index (χ3v) is 3.65. The molecule has 1 aromatic carbocycles. The lowest BCUT2D eigenvalue weighted by Gasteiger charge is -2.26. The summed E-state index contributed by atoms with van der Waals surface area (Å²) in [6.07, 6.45) is 2.05. The van der Waals surface area contributed by atoms with Gasteiger partial charge in [0.1, 0.15) is 6.54 Å². The number of rotatable bonds is 6. The lowest BCUT2D eigenvalue weighted by molar-refractivity contribution is -0.140. The molecule has 0 spiro atoms. The third-order valence-electron chi connectivity index (χ3n) is 3.65. The first-order valence-electron chi connectivity index (χ1n) is 7.20. The molecule has 0 saturated heterocycles. The number of carbonyl (C=O) groups is 2. The van der Waals surface area contributed by atoms with Crippen molar-refractivity contribution in [2.45, 2.75) is 39.3 Å². The maximum absolute atomic E-state index is 12.4. The molecule has 2 amide bonds. The van der Waals surface area contributed by atoms with Gasteiger partial charge in [-0.3, -0.25) is 9.59 Å². The van der Waals surface area contributed by atoms with Crippen molar-refractivity contribution in [3.8, 4) is 0 Å². The van der Waals surface area contributed by atoms with Gasteiger partial charge in [0.25, 0.3) is 0 Å². The van der Waals surface area contributed by atoms with Gasteiger partial charge in [0, 0.05) is 26.1 Å². The Kier molecular flexibility index (Phi) is 4.77. The largest absolute Gasteiger partial charge is 0.337 e. The average molecular weight is 274 g/mol. The predicted molar refractivity (Wildman–Crippen MR) is 77.9 cm³/mol. The Labute approximate surface area is 120 Å². The van der Waals surface area contributed by atoms with Crippen LogP contribution in [0.2, 0.25) is 0 Å². The monoisotopic (exact) mass is 274 g/mol. The lowest BCUT2D eigenvalue weighted by Crippen LogP contribution is -2.42. The fourth-order valence-corrected chi connectivity index (χ4v) is 2.31. The van der Waals surface area contributed by atoms with Crippen molar-refractivity contribution >= 4 is 11.8 Å². The first-order valence-corrected chi connectivity index (χ1v) is 7.20. The molecule has 0 N–H and O–H groups in total. The Hall–Kier alpha value is -1.84. The highest BCUT2D eigenvalue weighted by molar-refractivity contribution is 5.84. The molecule has 108 valence electrons. The Bertz CT molecular complexity index is 469. The number of hydrogen-bond acceptors (Lipinski definition) is 2. The molecule has 0 aliphatic heterocycles. The van der Waals surface area contributed by atoms with Gasteiger partial charge in [0.15, 0.2) is 0 Å². The molecule has 4 heteroatoms. The zero-order valence-corrected chi connectivity index (χ0v) is 12.2. The highest BCUT2D eigenvalue weighted by atomic mass is 16.2. The van der Waals surface area contributed by atoms with Crippen LogP contribution in [0.25, 0.3) is 0 Å². The molecule has 2 rings (SSSR count). The van der Waals surface area contributed by atoms with E-state index in [1.165, 1.54) is 0 Å². The highest BCUT2D eigenvalue weighted by Gasteiger charge is 2.32. The minimum absolute atomic E-state index is 0.00314. The first-order chi connectivity index (χ1) is 9.61. The van der Waals surface area contributed by atoms with Gasteiger partial charge in [-0.05, 0) is 25.3 Å². The zero-order chi connectivity index (χ0) is 14.5. The van der Waals surface area contributed by atoms with Crippen LogP contribution >= 0.6 is 0 Å². The molecule has 0 heterocycles. The van der Waals surface area contributed by atoms with Gasteiger partial charge >= 0.3 is 0 Å². The molecule has 20 heavy (non-hydrogen) atoms. The fraction of sp³-hybridized carbons (Fsp3) is 0.500. The number of nitrogens with zero attached hydrogens (tertiary/aromatic N) is 2. The first kappa shape index (κ1) is 14.6. The van der Waals surface area contributed by atoms with Crippen LogP contribution in [-0.4, -0.2) is 40.7 Å². The quantitative estimate of drug-likeness (QED) is 0.796. The maximum Gasteiger partial charge on any atom is 0.242 e. The summed E-state index contributed by atoms with van der Waals surface area (Å²) in [6.45, 7) is 4.98. The van der Waals surface area contributed by atoms with E-state index < -0.39 is 0 Å². The molecular weight excluding hydrogens is 252 g/mol. The summed E-state index contributed by atoms with van der Waals surface area (Å²) in [5, 5.41) is 0. The zero-order valence-electron chi connectivity index (χ0n) is 12.2. The van der Waals surface area contributed by atoms with Gasteiger partial charge in [-0.15, -0.1) is 0 Å². The molecular formula is C16H22N2O2. The second kappa shape index (κ2) is 6.55. The van der Waals surface area contributed by atoms with E-state index in [1.807, 2.05) is 37.3 Å². The summed E-state index contributed by atoms with van der Waals surface area (Å²) in [6, 6.07) is 10.2. The van der Waals surface area contributed by atoms with Gasteiger partial charge in [-0.2, -0.15) is 0 Å². The molecule has 0 radical (unpaired) electrons. The standard InChI is InChI=1S/C16H22N2O2/c1-3-17(11-14-7-5-4-6-8-14)16(20)12-18(13(2)19)15-9-10-15/h4-8,15H,3,9-12H2,1-2H3. The summed E-state index contributed by atoms with van der Waals surface area (Å²) in [5.74, 6) is 0.0232. The number of hydrogen-bond donors (Lipinski definition) is 0. The van der Waals surface area contributed by atoms with Crippen LogP contribution in [0.4, 0.5) is 0 Å². The topological polar surface area (TPSA) is 40.6 Å². The molecule has 1 aliphatic rings. The van der Waals surface area contributed by atoms with E-state index in [2.05, 4.69) is 0 Å². The van der Waals surface area contributed by atoms with E-state index in [9.17, 15) is 9.59 Å². The van der Waals surface area contributed by atoms with Crippen molar-refractivity contribution < 1.29 is 9.59 Å². The molecule has 1 saturated carbocycles. The minimum atomic E-state index is -0.00314. The number of carbonyl (C=O) groups excluding carboxylic acids is 2. The average Bonchev–Trinajstić information content (AvgIpc) is 3.27. The Balaban J connectivity index is 1.96. The SMILES string of the molecule is CCN(Cc1ccccc1)C(=O)CN(C(C)=O)C1CC1. The molecule has 0 unspecified atom stereocenters. The number of likely N-dealkylation sites (N-methyl/N-ethyl adjacent to an activating group) is 1. The molecule has 1 aliphatic carbocycles. The van der Waals surface area contributed by atoms with Crippen LogP contribution < -0.4 is 0 Å². The van der Waals surface area contributed by atoms with Crippen LogP contribution in [-0.2, 0) is 16.1 Å². The van der Waals surface area contributed by atoms with Crippen molar-refractivity contribution in [2.24, 2.45) is 0 Å². The van der Waals surface area contributed by atoms with Crippen molar-refractivity contribution in [3.05, 3.63) is 35.9 Å². The van der Waals surface area contributed by atoms with E-state index in [0.29, 0.717) is 13.1 Å². The van der Waals surface area contributed by atoms with Crippen molar-refractivity contribution in [2.75, 3.05) is 13.1 Å². The molecule has 0 atom stereocenters. The van der Waals surface area contributed by atoms with Crippen molar-refractivity contribution in [3.63, 3.8) is 0 Å². The van der Waals surface area contributed by atoms with Crippen LogP contribution in [0.15, 0.2) is 30.3 Å². The van der Waals surface area contributed by atoms with E-state index >= 15 is 0 Å². The summed E-state index contributed by atoms with van der Waals surface area (Å²) >= 11 is 0. The summed E-state index contributed by atoms with van der Waals surface area (Å²) in [5.41, 5.74) is 1.11. The Morgan fingerprint density at radius 3 is 2.35 bits per heavy atom. The summed E-state index contributed by atoms with van der Waals surface area (Å²) < 4.78 is 0. The van der Waals surface area contributed by atoms with Crippen LogP contribution in [0.1, 0.15) is 32.3 Å². The van der Waals surface area contributed by atoms with Gasteiger partial charge < -0.3 is 9.80 Å². The van der Waals surface area contributed by atoms with Gasteiger partial charge in [-0.25, -0.2) is 0 Å². The van der Waals surface area contributed by atoms with E-state index in [0.717, 1.165) is 18.4 Å². The fourth-order valence-electron chi connectivity index (χ4n) is 2.31. The minimum Gasteiger partial charge on any atom is -0.337 e. The van der Waals surface area contributed by atoms with E-state index in [-0.39, 0.29) is 24.4 Å². The van der Waals surface area contributed by atoms with E-state index in [4.69, 9.17) is 0 Å². The van der Waals surface area contributed by atoms with Gasteiger partial charge in [0.2, 0.25) is 11.8 Å². The third kappa shape index (κ3) is 3.83. The highest BCUT2D eigenvalue weighted by Crippen LogP contribution is 2.26. The normalized spacial score (nSPS) is 13.9. The Morgan fingerprint density at radius 2 is 1.85 bits per heavy atom. The number of benzene rings is 1. The lowest BCUT2D eigenvalue weighted by atomic mass is 10.2. The van der Waals surface area contributed by atoms with E-state index in [1.54, 1.807) is 16.7 Å². The van der Waals surface area contributed by atoms with Gasteiger partial charge in [0.05, 0.1) is 0 Å². The summed E-state index contributed by atoms with van der Waals surface area (Å²) in [4.78, 5) is 27.4. The van der Waals surface area contributed by atoms with Crippen LogP contribution in [0.3, 0.4) is 0 Å². The van der Waals surface area contributed by atoms with Crippen LogP contribution in [0, 0.1) is 0 Å². The van der Waals surface area contributed by atoms with Crippen molar-refractivity contribution in [1.29, 1.82) is 0 Å². The number of amides is 2. The molecule has 4 nitrogen and oxygen atoms in total. The summed E-state index contributed by atoms with van der Waals surface area (Å²) in [7, 11) is 0. The molecule has 1 fully saturated rings.